The first-order valence-electron chi connectivity index (χ1n) is 12.6. The Balaban J connectivity index is 1.66. The Morgan fingerprint density at radius 3 is 2.56 bits per heavy atom. The summed E-state index contributed by atoms with van der Waals surface area (Å²) >= 11 is 3.40. The number of amides is 2. The van der Waals surface area contributed by atoms with E-state index in [1.807, 2.05) is 44.2 Å². The van der Waals surface area contributed by atoms with Crippen LogP contribution >= 0.6 is 15.9 Å². The molecular formula is C29H30BrN5O6. The van der Waals surface area contributed by atoms with Crippen LogP contribution in [0.15, 0.2) is 56.8 Å². The van der Waals surface area contributed by atoms with Gasteiger partial charge in [-0.05, 0) is 72.1 Å². The third-order valence-electron chi connectivity index (χ3n) is 5.90. The minimum atomic E-state index is -0.594. The van der Waals surface area contributed by atoms with E-state index in [0.29, 0.717) is 45.1 Å². The first kappa shape index (κ1) is 31.1. The topological polar surface area (TPSA) is 144 Å². The zero-order valence-corrected chi connectivity index (χ0v) is 24.7. The minimum Gasteiger partial charge on any atom is -0.490 e. The van der Waals surface area contributed by atoms with Gasteiger partial charge in [-0.3, -0.25) is 14.4 Å². The number of ether oxygens (including phenoxy) is 3. The second kappa shape index (κ2) is 14.8. The first-order chi connectivity index (χ1) is 19.7. The quantitative estimate of drug-likeness (QED) is 0.230. The normalized spacial score (nSPS) is 10.7. The van der Waals surface area contributed by atoms with E-state index in [9.17, 15) is 19.6 Å². The summed E-state index contributed by atoms with van der Waals surface area (Å²) in [6.07, 6.45) is 1.41. The number of aromatic nitrogens is 1. The van der Waals surface area contributed by atoms with Crippen molar-refractivity contribution in [2.45, 2.75) is 33.9 Å². The molecule has 0 radical (unpaired) electrons. The Morgan fingerprint density at radius 1 is 1.12 bits per heavy atom. The van der Waals surface area contributed by atoms with E-state index in [-0.39, 0.29) is 31.2 Å². The molecule has 0 unspecified atom stereocenters. The number of nitrogens with zero attached hydrogens (tertiary/aromatic N) is 3. The molecule has 2 aromatic carbocycles. The van der Waals surface area contributed by atoms with Crippen LogP contribution in [0.3, 0.4) is 0 Å². The number of methoxy groups -OCH3 is 1. The molecule has 214 valence electrons. The third-order valence-corrected chi connectivity index (χ3v) is 6.95. The fourth-order valence-corrected chi connectivity index (χ4v) is 4.37. The largest absolute Gasteiger partial charge is 0.490 e. The van der Waals surface area contributed by atoms with E-state index in [4.69, 9.17) is 14.2 Å². The summed E-state index contributed by atoms with van der Waals surface area (Å²) in [6, 6.07) is 14.3. The monoisotopic (exact) mass is 623 g/mol. The zero-order chi connectivity index (χ0) is 29.9. The van der Waals surface area contributed by atoms with Crippen molar-refractivity contribution in [3.05, 3.63) is 85.2 Å². The summed E-state index contributed by atoms with van der Waals surface area (Å²) in [5.41, 5.74) is 4.84. The third kappa shape index (κ3) is 8.03. The number of benzene rings is 2. The van der Waals surface area contributed by atoms with E-state index in [2.05, 4.69) is 31.8 Å². The van der Waals surface area contributed by atoms with Crippen LogP contribution in [0.1, 0.15) is 34.9 Å². The Bertz CT molecular complexity index is 1560. The number of pyridine rings is 1. The molecule has 11 nitrogen and oxygen atoms in total. The summed E-state index contributed by atoms with van der Waals surface area (Å²) in [5.74, 6) is -0.102. The molecule has 0 spiro atoms. The lowest BCUT2D eigenvalue weighted by molar-refractivity contribution is -0.121. The average Bonchev–Trinajstić information content (AvgIpc) is 2.95. The van der Waals surface area contributed by atoms with Gasteiger partial charge in [0.05, 0.1) is 19.4 Å². The SMILES string of the molecule is CCOc1cc(/C=N\NC(=O)Cn2c(C)c(Br)c(COC)c(C#N)c2=O)ccc1OCC(=O)Nc1ccccc1C. The molecule has 0 aliphatic rings. The molecule has 0 fully saturated rings. The smallest absolute Gasteiger partial charge is 0.269 e. The highest BCUT2D eigenvalue weighted by atomic mass is 79.9. The molecule has 0 saturated heterocycles. The maximum absolute atomic E-state index is 12.8. The van der Waals surface area contributed by atoms with Gasteiger partial charge in [0, 0.05) is 28.5 Å². The molecule has 3 rings (SSSR count). The Hall–Kier alpha value is -4.47. The average molecular weight is 624 g/mol. The molecule has 1 aromatic heterocycles. The summed E-state index contributed by atoms with van der Waals surface area (Å²) in [7, 11) is 1.46. The molecule has 12 heteroatoms. The molecule has 0 bridgehead atoms. The van der Waals surface area contributed by atoms with Crippen molar-refractivity contribution in [3.63, 3.8) is 0 Å². The lowest BCUT2D eigenvalue weighted by atomic mass is 10.1. The van der Waals surface area contributed by atoms with Gasteiger partial charge in [-0.15, -0.1) is 0 Å². The Kier molecular flexibility index (Phi) is 11.2. The summed E-state index contributed by atoms with van der Waals surface area (Å²) in [5, 5.41) is 16.3. The number of nitriles is 1. The van der Waals surface area contributed by atoms with Gasteiger partial charge in [0.2, 0.25) is 0 Å². The number of nitrogens with one attached hydrogen (secondary N) is 2. The highest BCUT2D eigenvalue weighted by molar-refractivity contribution is 9.10. The van der Waals surface area contributed by atoms with Gasteiger partial charge in [-0.25, -0.2) is 5.43 Å². The van der Waals surface area contributed by atoms with Crippen LogP contribution in [0.2, 0.25) is 0 Å². The van der Waals surface area contributed by atoms with Gasteiger partial charge in [-0.2, -0.15) is 10.4 Å². The van der Waals surface area contributed by atoms with E-state index in [0.717, 1.165) is 5.56 Å². The first-order valence-corrected chi connectivity index (χ1v) is 13.4. The van der Waals surface area contributed by atoms with Gasteiger partial charge in [0.25, 0.3) is 17.4 Å². The molecule has 3 aromatic rings. The fourth-order valence-electron chi connectivity index (χ4n) is 3.84. The maximum atomic E-state index is 12.8. The van der Waals surface area contributed by atoms with Crippen LogP contribution in [-0.4, -0.2) is 42.9 Å². The number of hydrogen-bond donors (Lipinski definition) is 2. The zero-order valence-electron chi connectivity index (χ0n) is 23.1. The molecule has 0 aliphatic heterocycles. The number of rotatable bonds is 12. The van der Waals surface area contributed by atoms with Crippen LogP contribution in [0.5, 0.6) is 11.5 Å². The molecule has 0 aliphatic carbocycles. The Morgan fingerprint density at radius 2 is 1.88 bits per heavy atom. The molecule has 2 N–H and O–H groups in total. The second-order valence-electron chi connectivity index (χ2n) is 8.77. The van der Waals surface area contributed by atoms with E-state index in [1.165, 1.54) is 17.9 Å². The predicted octanol–water partition coefficient (Wildman–Crippen LogP) is 3.81. The second-order valence-corrected chi connectivity index (χ2v) is 9.57. The number of halogens is 1. The van der Waals surface area contributed by atoms with Crippen molar-refractivity contribution in [2.75, 3.05) is 25.6 Å². The number of hydrogen-bond acceptors (Lipinski definition) is 8. The van der Waals surface area contributed by atoms with Gasteiger partial charge >= 0.3 is 0 Å². The van der Waals surface area contributed by atoms with Crippen molar-refractivity contribution in [3.8, 4) is 17.6 Å². The van der Waals surface area contributed by atoms with Crippen LogP contribution < -0.4 is 25.8 Å². The molecule has 2 amide bonds. The number of carbonyl (C=O) groups is 2. The maximum Gasteiger partial charge on any atom is 0.269 e. The Labute approximate surface area is 245 Å². The minimum absolute atomic E-state index is 0.0744. The summed E-state index contributed by atoms with van der Waals surface area (Å²) in [4.78, 5) is 37.8. The van der Waals surface area contributed by atoms with Crippen LogP contribution in [0, 0.1) is 25.2 Å². The van der Waals surface area contributed by atoms with E-state index in [1.54, 1.807) is 25.1 Å². The number of para-hydroxylation sites is 1. The van der Waals surface area contributed by atoms with Gasteiger partial charge in [0.1, 0.15) is 18.2 Å². The van der Waals surface area contributed by atoms with Crippen molar-refractivity contribution in [2.24, 2.45) is 5.10 Å². The van der Waals surface area contributed by atoms with Crippen molar-refractivity contribution in [1.82, 2.24) is 9.99 Å². The molecule has 0 saturated carbocycles. The molecule has 0 atom stereocenters. The lowest BCUT2D eigenvalue weighted by Crippen LogP contribution is -2.33. The number of carbonyl (C=O) groups excluding carboxylic acids is 2. The van der Waals surface area contributed by atoms with Crippen LogP contribution in [0.25, 0.3) is 0 Å². The highest BCUT2D eigenvalue weighted by Crippen LogP contribution is 2.28. The molecular weight excluding hydrogens is 594 g/mol. The number of hydrazone groups is 1. The summed E-state index contributed by atoms with van der Waals surface area (Å²) in [6.45, 7) is 5.25. The lowest BCUT2D eigenvalue weighted by Gasteiger charge is -2.15. The fraction of sp³-hybridized carbons (Fsp3) is 0.276. The molecule has 1 heterocycles. The molecule has 41 heavy (non-hydrogen) atoms. The standard InChI is InChI=1S/C29H30BrN5O6/c1-5-40-25-12-20(10-11-24(25)41-17-27(37)33-23-9-7-6-8-18(23)2)14-32-34-26(36)15-35-19(3)28(30)22(16-39-4)21(13-31)29(35)38/h6-12,14H,5,15-17H2,1-4H3,(H,33,37)(H,34,36)/b32-14-. The van der Waals surface area contributed by atoms with Crippen molar-refractivity contribution < 1.29 is 23.8 Å². The van der Waals surface area contributed by atoms with Gasteiger partial charge in [-0.1, -0.05) is 18.2 Å². The van der Waals surface area contributed by atoms with Gasteiger partial charge in [0.15, 0.2) is 18.1 Å². The van der Waals surface area contributed by atoms with E-state index >= 15 is 0 Å². The van der Waals surface area contributed by atoms with Gasteiger partial charge < -0.3 is 24.1 Å². The number of anilines is 1. The van der Waals surface area contributed by atoms with Crippen LogP contribution in [0.4, 0.5) is 5.69 Å². The van der Waals surface area contributed by atoms with Crippen molar-refractivity contribution >= 4 is 39.6 Å². The van der Waals surface area contributed by atoms with E-state index < -0.39 is 11.5 Å². The van der Waals surface area contributed by atoms with Crippen LogP contribution in [-0.2, 0) is 27.5 Å². The summed E-state index contributed by atoms with van der Waals surface area (Å²) < 4.78 is 18.2. The van der Waals surface area contributed by atoms with Crippen molar-refractivity contribution in [1.29, 1.82) is 5.26 Å². The number of aryl methyl sites for hydroxylation is 1. The predicted molar refractivity (Wildman–Crippen MR) is 157 cm³/mol. The highest BCUT2D eigenvalue weighted by Gasteiger charge is 2.19.